The molecule has 1 aliphatic rings. The first kappa shape index (κ1) is 23.5. The molecule has 10 heteroatoms. The molecule has 1 aliphatic heterocycles. The minimum absolute atomic E-state index is 0.000441. The number of aryl methyl sites for hydroxylation is 1. The van der Waals surface area contributed by atoms with Crippen molar-refractivity contribution in [3.05, 3.63) is 75.3 Å². The van der Waals surface area contributed by atoms with E-state index in [0.29, 0.717) is 18.7 Å². The van der Waals surface area contributed by atoms with E-state index in [1.807, 2.05) is 4.90 Å². The predicted molar refractivity (Wildman–Crippen MR) is 111 cm³/mol. The number of benzene rings is 2. The minimum Gasteiger partial charge on any atom is -0.473 e. The van der Waals surface area contributed by atoms with Gasteiger partial charge in [-0.15, -0.1) is 0 Å². The summed E-state index contributed by atoms with van der Waals surface area (Å²) in [6.07, 6.45) is 0. The van der Waals surface area contributed by atoms with Gasteiger partial charge in [0.15, 0.2) is 0 Å². The molecule has 1 fully saturated rings. The van der Waals surface area contributed by atoms with Crippen LogP contribution in [0.2, 0.25) is 0 Å². The van der Waals surface area contributed by atoms with Crippen LogP contribution in [0.4, 0.5) is 5.69 Å². The van der Waals surface area contributed by atoms with E-state index < -0.39 is 16.9 Å². The summed E-state index contributed by atoms with van der Waals surface area (Å²) >= 11 is 0. The summed E-state index contributed by atoms with van der Waals surface area (Å²) in [4.78, 5) is 45.1. The lowest BCUT2D eigenvalue weighted by Gasteiger charge is -2.34. The molecule has 2 aromatic carbocycles. The fourth-order valence-electron chi connectivity index (χ4n) is 3.09. The molecule has 2 aromatic rings. The standard InChI is InChI=1S/C19H21N3O3.C2H2O4/c1-15-3-2-4-16(13-15)14-20-9-11-21(12-10-20)19(23)17-5-7-18(8-6-17)22(24)25;3-1(4)2(5)6/h2-8,13H,9-12,14H2,1H3;(H,3,4)(H,5,6). The molecule has 0 atom stereocenters. The summed E-state index contributed by atoms with van der Waals surface area (Å²) in [7, 11) is 0. The third-order valence-corrected chi connectivity index (χ3v) is 4.66. The SMILES string of the molecule is Cc1cccc(CN2CCN(C(=O)c3ccc([N+](=O)[O-])cc3)CC2)c1.O=C(O)C(=O)O. The topological polar surface area (TPSA) is 141 Å². The quantitative estimate of drug-likeness (QED) is 0.427. The molecule has 1 heterocycles. The first-order valence-electron chi connectivity index (χ1n) is 9.45. The highest BCUT2D eigenvalue weighted by molar-refractivity contribution is 6.27. The molecule has 164 valence electrons. The number of rotatable bonds is 4. The minimum atomic E-state index is -1.82. The van der Waals surface area contributed by atoms with E-state index in [-0.39, 0.29) is 11.6 Å². The Balaban J connectivity index is 0.000000501. The van der Waals surface area contributed by atoms with Crippen LogP contribution in [0.1, 0.15) is 21.5 Å². The van der Waals surface area contributed by atoms with Crippen molar-refractivity contribution in [1.29, 1.82) is 0 Å². The van der Waals surface area contributed by atoms with Gasteiger partial charge in [0.2, 0.25) is 0 Å². The van der Waals surface area contributed by atoms with Crippen LogP contribution in [0, 0.1) is 17.0 Å². The smallest absolute Gasteiger partial charge is 0.414 e. The third-order valence-electron chi connectivity index (χ3n) is 4.66. The monoisotopic (exact) mass is 429 g/mol. The maximum Gasteiger partial charge on any atom is 0.414 e. The zero-order chi connectivity index (χ0) is 23.0. The molecule has 0 aliphatic carbocycles. The van der Waals surface area contributed by atoms with E-state index in [2.05, 4.69) is 36.1 Å². The maximum atomic E-state index is 12.5. The summed E-state index contributed by atoms with van der Waals surface area (Å²) in [6.45, 7) is 5.97. The van der Waals surface area contributed by atoms with Crippen LogP contribution in [-0.2, 0) is 16.1 Å². The van der Waals surface area contributed by atoms with Gasteiger partial charge >= 0.3 is 11.9 Å². The number of hydrogen-bond donors (Lipinski definition) is 2. The van der Waals surface area contributed by atoms with Gasteiger partial charge in [-0.1, -0.05) is 29.8 Å². The molecular weight excluding hydrogens is 406 g/mol. The van der Waals surface area contributed by atoms with Crippen molar-refractivity contribution in [2.45, 2.75) is 13.5 Å². The molecule has 31 heavy (non-hydrogen) atoms. The van der Waals surface area contributed by atoms with Crippen LogP contribution in [0.5, 0.6) is 0 Å². The number of aliphatic carboxylic acids is 2. The highest BCUT2D eigenvalue weighted by atomic mass is 16.6. The lowest BCUT2D eigenvalue weighted by Crippen LogP contribution is -2.48. The van der Waals surface area contributed by atoms with Crippen LogP contribution in [0.25, 0.3) is 0 Å². The Morgan fingerprint density at radius 2 is 1.55 bits per heavy atom. The zero-order valence-electron chi connectivity index (χ0n) is 16.9. The number of piperazine rings is 1. The van der Waals surface area contributed by atoms with Gasteiger partial charge in [-0.25, -0.2) is 9.59 Å². The van der Waals surface area contributed by atoms with Gasteiger partial charge in [-0.05, 0) is 24.6 Å². The lowest BCUT2D eigenvalue weighted by molar-refractivity contribution is -0.384. The Hall–Kier alpha value is -3.79. The molecule has 10 nitrogen and oxygen atoms in total. The number of carbonyl (C=O) groups excluding carboxylic acids is 1. The van der Waals surface area contributed by atoms with Crippen molar-refractivity contribution in [2.24, 2.45) is 0 Å². The number of nitrogens with zero attached hydrogens (tertiary/aromatic N) is 3. The number of carbonyl (C=O) groups is 3. The largest absolute Gasteiger partial charge is 0.473 e. The number of hydrogen-bond acceptors (Lipinski definition) is 6. The summed E-state index contributed by atoms with van der Waals surface area (Å²) in [5, 5.41) is 25.5. The number of carboxylic acids is 2. The molecule has 2 N–H and O–H groups in total. The Morgan fingerprint density at radius 3 is 2.03 bits per heavy atom. The fourth-order valence-corrected chi connectivity index (χ4v) is 3.09. The van der Waals surface area contributed by atoms with Crippen LogP contribution in [0.15, 0.2) is 48.5 Å². The molecule has 1 saturated heterocycles. The van der Waals surface area contributed by atoms with Crippen molar-refractivity contribution < 1.29 is 29.5 Å². The summed E-state index contributed by atoms with van der Waals surface area (Å²) in [5.74, 6) is -3.71. The van der Waals surface area contributed by atoms with Gasteiger partial charge in [0, 0.05) is 50.4 Å². The lowest BCUT2D eigenvalue weighted by atomic mass is 10.1. The van der Waals surface area contributed by atoms with E-state index in [0.717, 1.165) is 19.6 Å². The van der Waals surface area contributed by atoms with Gasteiger partial charge in [0.05, 0.1) is 4.92 Å². The predicted octanol–water partition coefficient (Wildman–Crippen LogP) is 2.02. The Labute approximate surface area is 178 Å². The number of non-ortho nitro benzene ring substituents is 1. The molecule has 0 bridgehead atoms. The van der Waals surface area contributed by atoms with E-state index in [1.54, 1.807) is 0 Å². The van der Waals surface area contributed by atoms with Crippen molar-refractivity contribution >= 4 is 23.5 Å². The first-order chi connectivity index (χ1) is 14.7. The molecule has 0 saturated carbocycles. The van der Waals surface area contributed by atoms with Gasteiger partial charge in [-0.2, -0.15) is 0 Å². The van der Waals surface area contributed by atoms with Crippen molar-refractivity contribution in [2.75, 3.05) is 26.2 Å². The van der Waals surface area contributed by atoms with E-state index in [1.165, 1.54) is 35.4 Å². The van der Waals surface area contributed by atoms with Crippen LogP contribution >= 0.6 is 0 Å². The first-order valence-corrected chi connectivity index (χ1v) is 9.45. The number of amides is 1. The molecule has 0 unspecified atom stereocenters. The summed E-state index contributed by atoms with van der Waals surface area (Å²) < 4.78 is 0. The average Bonchev–Trinajstić information content (AvgIpc) is 2.74. The van der Waals surface area contributed by atoms with Gasteiger partial charge in [0.1, 0.15) is 0 Å². The summed E-state index contributed by atoms with van der Waals surface area (Å²) in [5.41, 5.74) is 3.04. The Morgan fingerprint density at radius 1 is 0.968 bits per heavy atom. The van der Waals surface area contributed by atoms with Crippen molar-refractivity contribution in [3.63, 3.8) is 0 Å². The Kier molecular flexibility index (Phi) is 8.21. The van der Waals surface area contributed by atoms with Gasteiger partial charge < -0.3 is 15.1 Å². The van der Waals surface area contributed by atoms with Crippen molar-refractivity contribution in [1.82, 2.24) is 9.80 Å². The normalized spacial score (nSPS) is 13.6. The molecule has 0 radical (unpaired) electrons. The Bertz CT molecular complexity index is 940. The molecule has 0 spiro atoms. The zero-order valence-corrected chi connectivity index (χ0v) is 16.9. The fraction of sp³-hybridized carbons (Fsp3) is 0.286. The highest BCUT2D eigenvalue weighted by Gasteiger charge is 2.22. The average molecular weight is 429 g/mol. The second-order valence-electron chi connectivity index (χ2n) is 6.97. The summed E-state index contributed by atoms with van der Waals surface area (Å²) in [6, 6.07) is 14.3. The van der Waals surface area contributed by atoms with E-state index >= 15 is 0 Å². The van der Waals surface area contributed by atoms with Gasteiger partial charge in [0.25, 0.3) is 11.6 Å². The van der Waals surface area contributed by atoms with Crippen LogP contribution < -0.4 is 0 Å². The third kappa shape index (κ3) is 7.19. The van der Waals surface area contributed by atoms with Gasteiger partial charge in [-0.3, -0.25) is 19.8 Å². The number of nitro benzene ring substituents is 1. The molecule has 0 aromatic heterocycles. The number of carboxylic acid groups (broad SMARTS) is 2. The molecular formula is C21H23N3O7. The maximum absolute atomic E-state index is 12.5. The van der Waals surface area contributed by atoms with E-state index in [9.17, 15) is 14.9 Å². The van der Waals surface area contributed by atoms with E-state index in [4.69, 9.17) is 19.8 Å². The van der Waals surface area contributed by atoms with Crippen LogP contribution in [0.3, 0.4) is 0 Å². The second kappa shape index (κ2) is 10.8. The highest BCUT2D eigenvalue weighted by Crippen LogP contribution is 2.16. The van der Waals surface area contributed by atoms with Crippen LogP contribution in [-0.4, -0.2) is 69.0 Å². The second-order valence-corrected chi connectivity index (χ2v) is 6.97. The number of nitro groups is 1. The molecule has 3 rings (SSSR count). The molecule has 1 amide bonds. The van der Waals surface area contributed by atoms with Crippen molar-refractivity contribution in [3.8, 4) is 0 Å².